The van der Waals surface area contributed by atoms with Gasteiger partial charge in [-0.2, -0.15) is 8.75 Å². The predicted molar refractivity (Wildman–Crippen MR) is 69.6 cm³/mol. The first-order valence-electron chi connectivity index (χ1n) is 5.28. The first kappa shape index (κ1) is 10.8. The third-order valence-corrected chi connectivity index (χ3v) is 2.98. The lowest BCUT2D eigenvalue weighted by Crippen LogP contribution is -2.12. The molecular weight excluding hydrogens is 248 g/mol. The summed E-state index contributed by atoms with van der Waals surface area (Å²) in [5.41, 5.74) is 2.07. The Balaban J connectivity index is 1.87. The highest BCUT2D eigenvalue weighted by atomic mass is 32.1. The van der Waals surface area contributed by atoms with E-state index in [-0.39, 0.29) is 5.91 Å². The molecule has 18 heavy (non-hydrogen) atoms. The average molecular weight is 256 g/mol. The zero-order chi connectivity index (χ0) is 12.4. The summed E-state index contributed by atoms with van der Waals surface area (Å²) in [7, 11) is 0. The van der Waals surface area contributed by atoms with E-state index in [1.807, 2.05) is 6.07 Å². The predicted octanol–water partition coefficient (Wildman–Crippen LogP) is 2.34. The minimum Gasteiger partial charge on any atom is -0.307 e. The van der Waals surface area contributed by atoms with Crippen LogP contribution in [0.5, 0.6) is 0 Å². The quantitative estimate of drug-likeness (QED) is 0.764. The maximum atomic E-state index is 12.0. The maximum Gasteiger partial charge on any atom is 0.256 e. The number of hydrogen-bond donors (Lipinski definition) is 1. The van der Waals surface area contributed by atoms with Gasteiger partial charge in [-0.3, -0.25) is 4.79 Å². The summed E-state index contributed by atoms with van der Waals surface area (Å²) < 4.78 is 8.19. The monoisotopic (exact) mass is 256 g/mol. The molecular formula is C12H8N4OS. The molecule has 0 atom stereocenters. The number of carbonyl (C=O) groups excluding carboxylic acids is 1. The van der Waals surface area contributed by atoms with Crippen LogP contribution in [-0.4, -0.2) is 19.6 Å². The molecule has 3 rings (SSSR count). The minimum absolute atomic E-state index is 0.205. The summed E-state index contributed by atoms with van der Waals surface area (Å²) >= 11 is 1.13. The lowest BCUT2D eigenvalue weighted by molar-refractivity contribution is 0.102. The van der Waals surface area contributed by atoms with Gasteiger partial charge in [0.05, 0.1) is 11.7 Å². The first-order chi connectivity index (χ1) is 8.83. The molecule has 6 heteroatoms. The molecule has 0 saturated heterocycles. The highest BCUT2D eigenvalue weighted by molar-refractivity contribution is 7.00. The largest absolute Gasteiger partial charge is 0.307 e. The van der Waals surface area contributed by atoms with Gasteiger partial charge >= 0.3 is 0 Å². The van der Waals surface area contributed by atoms with E-state index in [0.717, 1.165) is 22.8 Å². The number of rotatable bonds is 2. The Morgan fingerprint density at radius 3 is 2.83 bits per heavy atom. The van der Waals surface area contributed by atoms with Crippen molar-refractivity contribution in [1.82, 2.24) is 13.7 Å². The Bertz CT molecular complexity index is 695. The van der Waals surface area contributed by atoms with Crippen molar-refractivity contribution in [3.05, 3.63) is 48.2 Å². The topological polar surface area (TPSA) is 67.8 Å². The molecule has 2 heterocycles. The summed E-state index contributed by atoms with van der Waals surface area (Å²) in [6.07, 6.45) is 1.63. The maximum absolute atomic E-state index is 12.0. The van der Waals surface area contributed by atoms with Crippen LogP contribution in [0.2, 0.25) is 0 Å². The van der Waals surface area contributed by atoms with E-state index in [9.17, 15) is 4.79 Å². The van der Waals surface area contributed by atoms with E-state index < -0.39 is 0 Å². The molecule has 1 aromatic carbocycles. The Labute approximate surface area is 107 Å². The average Bonchev–Trinajstić information content (AvgIpc) is 2.87. The summed E-state index contributed by atoms with van der Waals surface area (Å²) in [5, 5.41) is 2.72. The molecule has 3 aromatic rings. The fourth-order valence-electron chi connectivity index (χ4n) is 1.55. The zero-order valence-electron chi connectivity index (χ0n) is 9.20. The van der Waals surface area contributed by atoms with Crippen molar-refractivity contribution in [2.75, 3.05) is 5.32 Å². The van der Waals surface area contributed by atoms with E-state index in [0.29, 0.717) is 11.4 Å². The molecule has 1 N–H and O–H groups in total. The molecule has 0 aliphatic carbocycles. The molecule has 1 amide bonds. The Morgan fingerprint density at radius 1 is 1.11 bits per heavy atom. The van der Waals surface area contributed by atoms with Crippen molar-refractivity contribution in [3.63, 3.8) is 0 Å². The normalized spacial score (nSPS) is 10.4. The number of hydrogen-bond acceptors (Lipinski definition) is 5. The number of benzene rings is 1. The molecule has 0 aliphatic heterocycles. The van der Waals surface area contributed by atoms with Crippen molar-refractivity contribution in [2.45, 2.75) is 0 Å². The number of amides is 1. The summed E-state index contributed by atoms with van der Waals surface area (Å²) in [4.78, 5) is 16.0. The van der Waals surface area contributed by atoms with Crippen LogP contribution >= 0.6 is 11.7 Å². The molecule has 0 spiro atoms. The van der Waals surface area contributed by atoms with E-state index in [1.165, 1.54) is 0 Å². The van der Waals surface area contributed by atoms with Crippen molar-refractivity contribution in [3.8, 4) is 0 Å². The number of aromatic nitrogens is 3. The second-order valence-electron chi connectivity index (χ2n) is 3.64. The van der Waals surface area contributed by atoms with Crippen LogP contribution in [-0.2, 0) is 0 Å². The van der Waals surface area contributed by atoms with Crippen LogP contribution in [0.1, 0.15) is 10.4 Å². The SMILES string of the molecule is O=C(Nc1ccccn1)c1ccc2nsnc2c1. The number of nitrogens with zero attached hydrogens (tertiary/aromatic N) is 3. The lowest BCUT2D eigenvalue weighted by Gasteiger charge is -2.03. The van der Waals surface area contributed by atoms with Crippen LogP contribution in [0, 0.1) is 0 Å². The summed E-state index contributed by atoms with van der Waals surface area (Å²) in [6.45, 7) is 0. The first-order valence-corrected chi connectivity index (χ1v) is 6.01. The van der Waals surface area contributed by atoms with Crippen LogP contribution in [0.15, 0.2) is 42.6 Å². The molecule has 2 aromatic heterocycles. The van der Waals surface area contributed by atoms with Gasteiger partial charge in [-0.25, -0.2) is 4.98 Å². The van der Waals surface area contributed by atoms with Crippen molar-refractivity contribution >= 4 is 34.5 Å². The van der Waals surface area contributed by atoms with Gasteiger partial charge < -0.3 is 5.32 Å². The number of anilines is 1. The Kier molecular flexibility index (Phi) is 2.70. The summed E-state index contributed by atoms with van der Waals surface area (Å²) in [6, 6.07) is 10.6. The van der Waals surface area contributed by atoms with Gasteiger partial charge in [-0.1, -0.05) is 6.07 Å². The zero-order valence-corrected chi connectivity index (χ0v) is 10.0. The van der Waals surface area contributed by atoms with Gasteiger partial charge in [-0.05, 0) is 30.3 Å². The van der Waals surface area contributed by atoms with Crippen LogP contribution in [0.3, 0.4) is 0 Å². The van der Waals surface area contributed by atoms with Crippen molar-refractivity contribution in [1.29, 1.82) is 0 Å². The molecule has 0 radical (unpaired) electrons. The molecule has 0 bridgehead atoms. The van der Waals surface area contributed by atoms with Crippen LogP contribution in [0.25, 0.3) is 11.0 Å². The third-order valence-electron chi connectivity index (χ3n) is 2.42. The molecule has 0 aliphatic rings. The second-order valence-corrected chi connectivity index (χ2v) is 4.17. The number of fused-ring (bicyclic) bond motifs is 1. The van der Waals surface area contributed by atoms with E-state index >= 15 is 0 Å². The van der Waals surface area contributed by atoms with Crippen LogP contribution < -0.4 is 5.32 Å². The van der Waals surface area contributed by atoms with Gasteiger partial charge in [0.2, 0.25) is 0 Å². The van der Waals surface area contributed by atoms with Crippen molar-refractivity contribution < 1.29 is 4.79 Å². The van der Waals surface area contributed by atoms with Gasteiger partial charge in [0, 0.05) is 11.8 Å². The van der Waals surface area contributed by atoms with Crippen molar-refractivity contribution in [2.24, 2.45) is 0 Å². The molecule has 0 saturated carbocycles. The number of nitrogens with one attached hydrogen (secondary N) is 1. The molecule has 5 nitrogen and oxygen atoms in total. The van der Waals surface area contributed by atoms with Gasteiger partial charge in [-0.15, -0.1) is 0 Å². The number of pyridine rings is 1. The van der Waals surface area contributed by atoms with Gasteiger partial charge in [0.15, 0.2) is 0 Å². The highest BCUT2D eigenvalue weighted by Crippen LogP contribution is 2.14. The van der Waals surface area contributed by atoms with Crippen LogP contribution in [0.4, 0.5) is 5.82 Å². The molecule has 88 valence electrons. The third kappa shape index (κ3) is 2.05. The molecule has 0 unspecified atom stereocenters. The fraction of sp³-hybridized carbons (Fsp3) is 0. The van der Waals surface area contributed by atoms with E-state index in [1.54, 1.807) is 36.5 Å². The smallest absolute Gasteiger partial charge is 0.256 e. The number of carbonyl (C=O) groups is 1. The van der Waals surface area contributed by atoms with Gasteiger partial charge in [0.25, 0.3) is 5.91 Å². The highest BCUT2D eigenvalue weighted by Gasteiger charge is 2.08. The lowest BCUT2D eigenvalue weighted by atomic mass is 10.2. The molecule has 0 fully saturated rings. The van der Waals surface area contributed by atoms with E-state index in [2.05, 4.69) is 19.0 Å². The van der Waals surface area contributed by atoms with Gasteiger partial charge in [0.1, 0.15) is 16.9 Å². The van der Waals surface area contributed by atoms with E-state index in [4.69, 9.17) is 0 Å². The fourth-order valence-corrected chi connectivity index (χ4v) is 2.07. The summed E-state index contributed by atoms with van der Waals surface area (Å²) in [5.74, 6) is 0.322. The minimum atomic E-state index is -0.205. The Hall–Kier alpha value is -2.34. The standard InChI is InChI=1S/C12H8N4OS/c17-12(14-11-3-1-2-6-13-11)8-4-5-9-10(7-8)16-18-15-9/h1-7H,(H,13,14,17). The second kappa shape index (κ2) is 4.50. The Morgan fingerprint density at radius 2 is 2.00 bits per heavy atom.